The first-order chi connectivity index (χ1) is 10.3. The van der Waals surface area contributed by atoms with E-state index in [0.29, 0.717) is 5.56 Å². The van der Waals surface area contributed by atoms with Crippen molar-refractivity contribution in [3.05, 3.63) is 16.8 Å². The highest BCUT2D eigenvalue weighted by atomic mass is 35.5. The molecule has 7 nitrogen and oxygen atoms in total. The van der Waals surface area contributed by atoms with Gasteiger partial charge in [-0.3, -0.25) is 0 Å². The zero-order valence-electron chi connectivity index (χ0n) is 14.4. The summed E-state index contributed by atoms with van der Waals surface area (Å²) in [5.41, 5.74) is -1.09. The number of ether oxygens (including phenoxy) is 2. The van der Waals surface area contributed by atoms with Gasteiger partial charge in [-0.1, -0.05) is 11.6 Å². The predicted octanol–water partition coefficient (Wildman–Crippen LogP) is 4.12. The van der Waals surface area contributed by atoms with Crippen molar-refractivity contribution in [2.24, 2.45) is 0 Å². The van der Waals surface area contributed by atoms with Crippen LogP contribution >= 0.6 is 11.6 Å². The number of rotatable bonds is 1. The van der Waals surface area contributed by atoms with E-state index in [2.05, 4.69) is 10.2 Å². The molecule has 1 rings (SSSR count). The summed E-state index contributed by atoms with van der Waals surface area (Å²) in [6, 6.07) is 1.49. The normalized spacial score (nSPS) is 11.8. The number of imide groups is 1. The van der Waals surface area contributed by atoms with Crippen molar-refractivity contribution in [1.29, 1.82) is 0 Å². The summed E-state index contributed by atoms with van der Waals surface area (Å²) >= 11 is 5.77. The molecule has 128 valence electrons. The standard InChI is InChI=1S/C15H22ClN3O4/c1-9-8-10(16)17-18-11(9)19(12(20)22-14(2,3)4)13(21)23-15(5,6)7/h8H,1-7H3. The Morgan fingerprint density at radius 1 is 1.00 bits per heavy atom. The molecule has 0 atom stereocenters. The summed E-state index contributed by atoms with van der Waals surface area (Å²) in [5.74, 6) is 0.0119. The lowest BCUT2D eigenvalue weighted by atomic mass is 10.2. The van der Waals surface area contributed by atoms with Gasteiger partial charge >= 0.3 is 12.2 Å². The molecule has 0 aliphatic heterocycles. The molecular weight excluding hydrogens is 322 g/mol. The van der Waals surface area contributed by atoms with Gasteiger partial charge in [-0.25, -0.2) is 9.59 Å². The molecule has 0 radical (unpaired) electrons. The molecule has 2 amide bonds. The monoisotopic (exact) mass is 343 g/mol. The molecule has 1 aromatic rings. The maximum Gasteiger partial charge on any atom is 0.425 e. The van der Waals surface area contributed by atoms with E-state index in [-0.39, 0.29) is 11.0 Å². The van der Waals surface area contributed by atoms with Crippen LogP contribution in [0.4, 0.5) is 15.4 Å². The lowest BCUT2D eigenvalue weighted by molar-refractivity contribution is 0.0428. The summed E-state index contributed by atoms with van der Waals surface area (Å²) in [5, 5.41) is 7.65. The van der Waals surface area contributed by atoms with Gasteiger partial charge in [0.15, 0.2) is 11.0 Å². The molecule has 23 heavy (non-hydrogen) atoms. The summed E-state index contributed by atoms with van der Waals surface area (Å²) in [6.45, 7) is 11.8. The van der Waals surface area contributed by atoms with Gasteiger partial charge < -0.3 is 9.47 Å². The van der Waals surface area contributed by atoms with E-state index < -0.39 is 23.4 Å². The van der Waals surface area contributed by atoms with E-state index >= 15 is 0 Å². The van der Waals surface area contributed by atoms with Gasteiger partial charge in [0.1, 0.15) is 11.2 Å². The molecule has 0 unspecified atom stereocenters. The number of hydrogen-bond donors (Lipinski definition) is 0. The Hall–Kier alpha value is -1.89. The molecule has 1 heterocycles. The summed E-state index contributed by atoms with van der Waals surface area (Å²) in [4.78, 5) is 25.6. The zero-order valence-corrected chi connectivity index (χ0v) is 15.2. The second-order valence-electron chi connectivity index (χ2n) is 6.97. The predicted molar refractivity (Wildman–Crippen MR) is 86.7 cm³/mol. The number of halogens is 1. The molecule has 0 saturated heterocycles. The number of aromatic nitrogens is 2. The van der Waals surface area contributed by atoms with E-state index in [1.54, 1.807) is 48.5 Å². The summed E-state index contributed by atoms with van der Waals surface area (Å²) in [6.07, 6.45) is -1.79. The summed E-state index contributed by atoms with van der Waals surface area (Å²) in [7, 11) is 0. The van der Waals surface area contributed by atoms with E-state index in [0.717, 1.165) is 4.90 Å². The van der Waals surface area contributed by atoms with Gasteiger partial charge in [0, 0.05) is 0 Å². The maximum absolute atomic E-state index is 12.4. The average Bonchev–Trinajstić information content (AvgIpc) is 2.27. The van der Waals surface area contributed by atoms with Crippen LogP contribution in [0.2, 0.25) is 5.15 Å². The first-order valence-corrected chi connectivity index (χ1v) is 7.44. The van der Waals surface area contributed by atoms with Crippen molar-refractivity contribution >= 4 is 29.6 Å². The van der Waals surface area contributed by atoms with Gasteiger partial charge in [0.2, 0.25) is 0 Å². The van der Waals surface area contributed by atoms with Gasteiger partial charge in [-0.05, 0) is 60.1 Å². The Bertz CT molecular complexity index is 578. The van der Waals surface area contributed by atoms with Crippen molar-refractivity contribution in [1.82, 2.24) is 10.2 Å². The highest BCUT2D eigenvalue weighted by Gasteiger charge is 2.34. The Labute approximate surface area is 140 Å². The Kier molecular flexibility index (Phi) is 5.58. The number of hydrogen-bond acceptors (Lipinski definition) is 6. The minimum Gasteiger partial charge on any atom is -0.443 e. The average molecular weight is 344 g/mol. The third-order valence-electron chi connectivity index (χ3n) is 2.29. The lowest BCUT2D eigenvalue weighted by Crippen LogP contribution is -2.44. The molecule has 0 spiro atoms. The molecule has 0 fully saturated rings. The number of anilines is 1. The largest absolute Gasteiger partial charge is 0.443 e. The van der Waals surface area contributed by atoms with Crippen molar-refractivity contribution in [2.45, 2.75) is 59.7 Å². The zero-order chi connectivity index (χ0) is 18.0. The number of carbonyl (C=O) groups is 2. The number of nitrogens with zero attached hydrogens (tertiary/aromatic N) is 3. The van der Waals surface area contributed by atoms with Crippen LogP contribution < -0.4 is 4.90 Å². The van der Waals surface area contributed by atoms with E-state index in [1.807, 2.05) is 0 Å². The fourth-order valence-corrected chi connectivity index (χ4v) is 1.73. The van der Waals surface area contributed by atoms with Crippen molar-refractivity contribution in [3.8, 4) is 0 Å². The van der Waals surface area contributed by atoms with Crippen LogP contribution in [0.25, 0.3) is 0 Å². The number of carbonyl (C=O) groups excluding carboxylic acids is 2. The Morgan fingerprint density at radius 2 is 1.43 bits per heavy atom. The molecule has 8 heteroatoms. The molecule has 0 aliphatic rings. The van der Waals surface area contributed by atoms with E-state index in [9.17, 15) is 9.59 Å². The molecule has 0 N–H and O–H groups in total. The minimum atomic E-state index is -0.897. The quantitative estimate of drug-likeness (QED) is 0.763. The molecule has 0 saturated carbocycles. The highest BCUT2D eigenvalue weighted by molar-refractivity contribution is 6.29. The third-order valence-corrected chi connectivity index (χ3v) is 2.48. The van der Waals surface area contributed by atoms with E-state index in [4.69, 9.17) is 21.1 Å². The van der Waals surface area contributed by atoms with Crippen molar-refractivity contribution in [3.63, 3.8) is 0 Å². The van der Waals surface area contributed by atoms with Gasteiger partial charge in [-0.15, -0.1) is 10.2 Å². The fourth-order valence-electron chi connectivity index (χ4n) is 1.53. The summed E-state index contributed by atoms with van der Waals surface area (Å²) < 4.78 is 10.5. The lowest BCUT2D eigenvalue weighted by Gasteiger charge is -2.28. The van der Waals surface area contributed by atoms with Crippen LogP contribution in [0.15, 0.2) is 6.07 Å². The van der Waals surface area contributed by atoms with Gasteiger partial charge in [0.05, 0.1) is 0 Å². The molecule has 0 aromatic carbocycles. The molecule has 0 bridgehead atoms. The molecule has 0 aliphatic carbocycles. The Balaban J connectivity index is 3.25. The first-order valence-electron chi connectivity index (χ1n) is 7.06. The van der Waals surface area contributed by atoms with Crippen LogP contribution in [0, 0.1) is 6.92 Å². The molecule has 1 aromatic heterocycles. The number of aryl methyl sites for hydroxylation is 1. The molecular formula is C15H22ClN3O4. The number of amides is 2. The van der Waals surface area contributed by atoms with Crippen LogP contribution in [-0.4, -0.2) is 33.6 Å². The third kappa shape index (κ3) is 6.02. The van der Waals surface area contributed by atoms with Crippen LogP contribution in [0.3, 0.4) is 0 Å². The minimum absolute atomic E-state index is 0.0119. The first kappa shape index (κ1) is 19.2. The highest BCUT2D eigenvalue weighted by Crippen LogP contribution is 2.23. The van der Waals surface area contributed by atoms with Crippen LogP contribution in [0.5, 0.6) is 0 Å². The second kappa shape index (κ2) is 6.70. The fraction of sp³-hybridized carbons (Fsp3) is 0.600. The topological polar surface area (TPSA) is 81.6 Å². The Morgan fingerprint density at radius 3 is 1.78 bits per heavy atom. The van der Waals surface area contributed by atoms with E-state index in [1.165, 1.54) is 6.07 Å². The maximum atomic E-state index is 12.4. The van der Waals surface area contributed by atoms with Crippen molar-refractivity contribution in [2.75, 3.05) is 4.90 Å². The van der Waals surface area contributed by atoms with Gasteiger partial charge in [-0.2, -0.15) is 4.90 Å². The van der Waals surface area contributed by atoms with Crippen LogP contribution in [0.1, 0.15) is 47.1 Å². The van der Waals surface area contributed by atoms with Gasteiger partial charge in [0.25, 0.3) is 0 Å². The smallest absolute Gasteiger partial charge is 0.425 e. The SMILES string of the molecule is Cc1cc(Cl)nnc1N(C(=O)OC(C)(C)C)C(=O)OC(C)(C)C. The van der Waals surface area contributed by atoms with Crippen molar-refractivity contribution < 1.29 is 19.1 Å². The van der Waals surface area contributed by atoms with Crippen LogP contribution in [-0.2, 0) is 9.47 Å². The second-order valence-corrected chi connectivity index (χ2v) is 7.36.